The Kier molecular flexibility index (Phi) is 5.79. The quantitative estimate of drug-likeness (QED) is 0.694. The van der Waals surface area contributed by atoms with Gasteiger partial charge in [-0.3, -0.25) is 13.9 Å². The van der Waals surface area contributed by atoms with Crippen LogP contribution >= 0.6 is 11.9 Å². The molecule has 0 radical (unpaired) electrons. The molecule has 0 fully saturated rings. The predicted octanol–water partition coefficient (Wildman–Crippen LogP) is 0.808. The molecular formula is C9H18N2O2S. The molecule has 2 N–H and O–H groups in total. The van der Waals surface area contributed by atoms with Gasteiger partial charge in [-0.15, -0.1) is 0 Å². The molecule has 0 bridgehead atoms. The Labute approximate surface area is 89.3 Å². The molecule has 14 heavy (non-hydrogen) atoms. The van der Waals surface area contributed by atoms with Crippen LogP contribution in [0.1, 0.15) is 27.7 Å². The van der Waals surface area contributed by atoms with Crippen molar-refractivity contribution in [3.63, 3.8) is 0 Å². The molecule has 0 unspecified atom stereocenters. The molecule has 4 nitrogen and oxygen atoms in total. The number of nitrogens with zero attached hydrogens (tertiary/aromatic N) is 1. The maximum absolute atomic E-state index is 11.2. The van der Waals surface area contributed by atoms with E-state index in [-0.39, 0.29) is 18.2 Å². The summed E-state index contributed by atoms with van der Waals surface area (Å²) in [5.74, 6) is -0.166. The maximum atomic E-state index is 11.2. The van der Waals surface area contributed by atoms with E-state index in [2.05, 4.69) is 0 Å². The van der Waals surface area contributed by atoms with Crippen molar-refractivity contribution >= 4 is 23.6 Å². The van der Waals surface area contributed by atoms with Gasteiger partial charge in [-0.2, -0.15) is 0 Å². The molecule has 0 aromatic carbocycles. The number of nitrogens with two attached hydrogens (primary N) is 1. The zero-order valence-electron chi connectivity index (χ0n) is 9.11. The summed E-state index contributed by atoms with van der Waals surface area (Å²) in [7, 11) is 0. The molecule has 0 aromatic heterocycles. The van der Waals surface area contributed by atoms with Gasteiger partial charge < -0.3 is 5.73 Å². The molecule has 82 valence electrons. The summed E-state index contributed by atoms with van der Waals surface area (Å²) in [5.41, 5.74) is 5.57. The van der Waals surface area contributed by atoms with Gasteiger partial charge in [0.05, 0.1) is 12.6 Å². The van der Waals surface area contributed by atoms with Gasteiger partial charge in [0.1, 0.15) is 5.78 Å². The standard InChI is InChI=1S/C9H18N2O2S/c1-6(2)14-11(8(4)13)5-9(10)7(3)12/h6,9H,5,10H2,1-4H3/t9-/m0/s1. The number of carbonyl (C=O) groups is 2. The van der Waals surface area contributed by atoms with Crippen LogP contribution in [0.15, 0.2) is 0 Å². The lowest BCUT2D eigenvalue weighted by Gasteiger charge is -2.23. The molecule has 0 aromatic rings. The highest BCUT2D eigenvalue weighted by Crippen LogP contribution is 2.16. The Morgan fingerprint density at radius 1 is 1.36 bits per heavy atom. The second-order valence-corrected chi connectivity index (χ2v) is 5.05. The van der Waals surface area contributed by atoms with E-state index in [4.69, 9.17) is 5.73 Å². The van der Waals surface area contributed by atoms with Crippen molar-refractivity contribution in [2.75, 3.05) is 6.54 Å². The largest absolute Gasteiger partial charge is 0.320 e. The monoisotopic (exact) mass is 218 g/mol. The van der Waals surface area contributed by atoms with Crippen LogP contribution in [0.3, 0.4) is 0 Å². The number of rotatable bonds is 5. The van der Waals surface area contributed by atoms with E-state index in [9.17, 15) is 9.59 Å². The molecular weight excluding hydrogens is 200 g/mol. The van der Waals surface area contributed by atoms with Gasteiger partial charge in [-0.1, -0.05) is 13.8 Å². The topological polar surface area (TPSA) is 63.4 Å². The number of carbonyl (C=O) groups excluding carboxylic acids is 2. The number of amides is 1. The molecule has 0 aliphatic rings. The van der Waals surface area contributed by atoms with Crippen molar-refractivity contribution in [3.8, 4) is 0 Å². The molecule has 0 heterocycles. The van der Waals surface area contributed by atoms with Crippen LogP contribution in [0.25, 0.3) is 0 Å². The molecule has 1 atom stereocenters. The molecule has 0 rings (SSSR count). The van der Waals surface area contributed by atoms with Crippen LogP contribution in [0.2, 0.25) is 0 Å². The summed E-state index contributed by atoms with van der Waals surface area (Å²) in [6.45, 7) is 7.17. The van der Waals surface area contributed by atoms with Crippen molar-refractivity contribution in [1.29, 1.82) is 0 Å². The van der Waals surface area contributed by atoms with Gasteiger partial charge in [-0.05, 0) is 18.9 Å². The van der Waals surface area contributed by atoms with Crippen LogP contribution in [-0.2, 0) is 9.59 Å². The van der Waals surface area contributed by atoms with Gasteiger partial charge >= 0.3 is 0 Å². The zero-order chi connectivity index (χ0) is 11.3. The average Bonchev–Trinajstić information content (AvgIpc) is 2.01. The highest BCUT2D eigenvalue weighted by Gasteiger charge is 2.17. The maximum Gasteiger partial charge on any atom is 0.229 e. The Hall–Kier alpha value is -0.550. The van der Waals surface area contributed by atoms with E-state index < -0.39 is 6.04 Å². The second-order valence-electron chi connectivity index (χ2n) is 3.45. The first-order valence-electron chi connectivity index (χ1n) is 4.55. The highest BCUT2D eigenvalue weighted by molar-refractivity contribution is 7.98. The Bertz CT molecular complexity index is 219. The molecule has 0 saturated carbocycles. The number of ketones is 1. The lowest BCUT2D eigenvalue weighted by molar-refractivity contribution is -0.124. The minimum atomic E-state index is -0.579. The summed E-state index contributed by atoms with van der Waals surface area (Å²) in [6, 6.07) is -0.579. The lowest BCUT2D eigenvalue weighted by atomic mass is 10.2. The SMILES string of the molecule is CC(=O)[C@@H](N)CN(SC(C)C)C(C)=O. The first kappa shape index (κ1) is 13.4. The summed E-state index contributed by atoms with van der Waals surface area (Å²) in [6.07, 6.45) is 0. The van der Waals surface area contributed by atoms with Gasteiger partial charge in [0, 0.05) is 12.2 Å². The smallest absolute Gasteiger partial charge is 0.229 e. The number of hydrogen-bond acceptors (Lipinski definition) is 4. The van der Waals surface area contributed by atoms with Crippen LogP contribution in [-0.4, -0.2) is 33.8 Å². The first-order chi connectivity index (χ1) is 6.34. The Morgan fingerprint density at radius 2 is 1.86 bits per heavy atom. The van der Waals surface area contributed by atoms with Gasteiger partial charge in [0.25, 0.3) is 0 Å². The van der Waals surface area contributed by atoms with E-state index >= 15 is 0 Å². The normalized spacial score (nSPS) is 12.7. The molecule has 1 amide bonds. The fourth-order valence-corrected chi connectivity index (χ4v) is 1.71. The third-order valence-corrected chi connectivity index (χ3v) is 2.66. The molecule has 5 heteroatoms. The number of Topliss-reactive ketones (excluding diaryl/α,β-unsaturated/α-hetero) is 1. The number of hydrogen-bond donors (Lipinski definition) is 1. The van der Waals surface area contributed by atoms with Crippen LogP contribution in [0, 0.1) is 0 Å². The van der Waals surface area contributed by atoms with Gasteiger partial charge in [-0.25, -0.2) is 0 Å². The van der Waals surface area contributed by atoms with E-state index in [1.807, 2.05) is 13.8 Å². The minimum Gasteiger partial charge on any atom is -0.320 e. The Morgan fingerprint density at radius 3 is 2.14 bits per heavy atom. The molecule has 0 saturated heterocycles. The molecule has 0 spiro atoms. The van der Waals surface area contributed by atoms with Crippen LogP contribution in [0.5, 0.6) is 0 Å². The van der Waals surface area contributed by atoms with Crippen molar-refractivity contribution in [1.82, 2.24) is 4.31 Å². The van der Waals surface area contributed by atoms with Crippen molar-refractivity contribution in [2.45, 2.75) is 39.0 Å². The summed E-state index contributed by atoms with van der Waals surface area (Å²) < 4.78 is 1.54. The lowest BCUT2D eigenvalue weighted by Crippen LogP contribution is -2.41. The van der Waals surface area contributed by atoms with Crippen molar-refractivity contribution in [2.24, 2.45) is 5.73 Å². The third kappa shape index (κ3) is 5.24. The van der Waals surface area contributed by atoms with E-state index in [1.54, 1.807) is 0 Å². The fourth-order valence-electron chi connectivity index (χ4n) is 0.807. The second kappa shape index (κ2) is 6.03. The van der Waals surface area contributed by atoms with E-state index in [1.165, 1.54) is 30.1 Å². The van der Waals surface area contributed by atoms with Gasteiger partial charge in [0.15, 0.2) is 0 Å². The minimum absolute atomic E-state index is 0.0691. The van der Waals surface area contributed by atoms with Gasteiger partial charge in [0.2, 0.25) is 5.91 Å². The first-order valence-corrected chi connectivity index (χ1v) is 5.39. The fraction of sp³-hybridized carbons (Fsp3) is 0.778. The summed E-state index contributed by atoms with van der Waals surface area (Å²) in [4.78, 5) is 22.1. The van der Waals surface area contributed by atoms with E-state index in [0.29, 0.717) is 5.25 Å². The highest BCUT2D eigenvalue weighted by atomic mass is 32.2. The van der Waals surface area contributed by atoms with Crippen molar-refractivity contribution < 1.29 is 9.59 Å². The summed E-state index contributed by atoms with van der Waals surface area (Å²) in [5, 5.41) is 0.304. The zero-order valence-corrected chi connectivity index (χ0v) is 9.93. The van der Waals surface area contributed by atoms with E-state index in [0.717, 1.165) is 0 Å². The van der Waals surface area contributed by atoms with Crippen LogP contribution in [0.4, 0.5) is 0 Å². The predicted molar refractivity (Wildman–Crippen MR) is 58.8 cm³/mol. The third-order valence-electron chi connectivity index (χ3n) is 1.57. The van der Waals surface area contributed by atoms with Crippen LogP contribution < -0.4 is 5.73 Å². The Balaban J connectivity index is 4.23. The molecule has 0 aliphatic carbocycles. The van der Waals surface area contributed by atoms with Crippen molar-refractivity contribution in [3.05, 3.63) is 0 Å². The molecule has 0 aliphatic heterocycles. The summed E-state index contributed by atoms with van der Waals surface area (Å²) >= 11 is 1.40. The average molecular weight is 218 g/mol.